The molecule has 122 valence electrons. The molecule has 0 saturated heterocycles. The summed E-state index contributed by atoms with van der Waals surface area (Å²) in [6.07, 6.45) is -2.98. The van der Waals surface area contributed by atoms with Crippen molar-refractivity contribution in [3.63, 3.8) is 0 Å². The largest absolute Gasteiger partial charge is 0.496 e. The lowest BCUT2D eigenvalue weighted by Crippen LogP contribution is -2.23. The number of hydrogen-bond donors (Lipinski definition) is 2. The minimum atomic E-state index is -1.33. The molecule has 0 aliphatic carbocycles. The third-order valence-corrected chi connectivity index (χ3v) is 3.02. The van der Waals surface area contributed by atoms with Crippen LogP contribution >= 0.6 is 0 Å². The van der Waals surface area contributed by atoms with E-state index in [1.54, 1.807) is 6.92 Å². The highest BCUT2D eigenvalue weighted by Gasteiger charge is 2.24. The Hall–Kier alpha value is -2.12. The number of carbonyl (C=O) groups is 2. The van der Waals surface area contributed by atoms with Gasteiger partial charge in [-0.3, -0.25) is 4.79 Å². The molecule has 0 saturated carbocycles. The van der Waals surface area contributed by atoms with Crippen molar-refractivity contribution in [1.29, 1.82) is 0 Å². The molecule has 1 rings (SSSR count). The predicted molar refractivity (Wildman–Crippen MR) is 76.6 cm³/mol. The van der Waals surface area contributed by atoms with Crippen LogP contribution in [0.4, 0.5) is 0 Å². The van der Waals surface area contributed by atoms with E-state index < -0.39 is 24.1 Å². The van der Waals surface area contributed by atoms with Crippen molar-refractivity contribution in [3.8, 4) is 5.75 Å². The summed E-state index contributed by atoms with van der Waals surface area (Å²) in [6, 6.07) is 4.28. The fourth-order valence-electron chi connectivity index (χ4n) is 1.89. The molecule has 0 aliphatic rings. The fourth-order valence-corrected chi connectivity index (χ4v) is 1.89. The van der Waals surface area contributed by atoms with Crippen LogP contribution < -0.4 is 4.74 Å². The van der Waals surface area contributed by atoms with Crippen molar-refractivity contribution < 1.29 is 34.0 Å². The van der Waals surface area contributed by atoms with E-state index in [1.165, 1.54) is 32.4 Å². The van der Waals surface area contributed by atoms with Gasteiger partial charge in [0.15, 0.2) is 0 Å². The molecule has 0 aromatic heterocycles. The smallest absolute Gasteiger partial charge is 0.341 e. The Kier molecular flexibility index (Phi) is 6.81. The van der Waals surface area contributed by atoms with Crippen LogP contribution in [0.3, 0.4) is 0 Å². The first kappa shape index (κ1) is 17.9. The van der Waals surface area contributed by atoms with Gasteiger partial charge in [0.2, 0.25) is 0 Å². The summed E-state index contributed by atoms with van der Waals surface area (Å²) >= 11 is 0. The summed E-state index contributed by atoms with van der Waals surface area (Å²) in [5.41, 5.74) is 0.502. The highest BCUT2D eigenvalue weighted by molar-refractivity contribution is 5.92. The Morgan fingerprint density at radius 1 is 1.23 bits per heavy atom. The highest BCUT2D eigenvalue weighted by Crippen LogP contribution is 2.27. The molecule has 2 N–H and O–H groups in total. The van der Waals surface area contributed by atoms with Crippen LogP contribution in [0.15, 0.2) is 18.2 Å². The first-order valence-electron chi connectivity index (χ1n) is 6.72. The number of esters is 2. The van der Waals surface area contributed by atoms with Crippen LogP contribution in [0, 0.1) is 0 Å². The first-order chi connectivity index (χ1) is 10.4. The molecule has 2 atom stereocenters. The van der Waals surface area contributed by atoms with Crippen LogP contribution in [-0.2, 0) is 14.3 Å². The number of benzene rings is 1. The van der Waals surface area contributed by atoms with E-state index in [0.717, 1.165) is 0 Å². The molecule has 0 bridgehead atoms. The molecule has 0 fully saturated rings. The highest BCUT2D eigenvalue weighted by atomic mass is 16.5. The Bertz CT molecular complexity index is 527. The summed E-state index contributed by atoms with van der Waals surface area (Å²) < 4.78 is 14.4. The summed E-state index contributed by atoms with van der Waals surface area (Å²) in [4.78, 5) is 22.9. The van der Waals surface area contributed by atoms with Gasteiger partial charge < -0.3 is 24.4 Å². The fraction of sp³-hybridized carbons (Fsp3) is 0.467. The van der Waals surface area contributed by atoms with Gasteiger partial charge in [-0.2, -0.15) is 0 Å². The molecule has 1 aromatic carbocycles. The van der Waals surface area contributed by atoms with Gasteiger partial charge in [0.1, 0.15) is 17.4 Å². The van der Waals surface area contributed by atoms with Crippen LogP contribution in [0.1, 0.15) is 35.4 Å². The van der Waals surface area contributed by atoms with Crippen molar-refractivity contribution in [2.75, 3.05) is 20.8 Å². The number of aliphatic hydroxyl groups is 2. The third kappa shape index (κ3) is 4.44. The molecule has 1 aromatic rings. The lowest BCUT2D eigenvalue weighted by Gasteiger charge is -2.18. The van der Waals surface area contributed by atoms with Crippen molar-refractivity contribution >= 4 is 11.9 Å². The van der Waals surface area contributed by atoms with Gasteiger partial charge in [-0.05, 0) is 24.6 Å². The zero-order valence-electron chi connectivity index (χ0n) is 12.7. The molecule has 7 heteroatoms. The number of rotatable bonds is 7. The standard InChI is InChI=1S/C15H20O7/c1-4-22-13(17)8-11(16)14(18)9-5-6-10(15(19)21-3)12(7-9)20-2/h5-7,11,14,16,18H,4,8H2,1-3H3. The number of hydrogen-bond acceptors (Lipinski definition) is 7. The van der Waals surface area contributed by atoms with Gasteiger partial charge >= 0.3 is 11.9 Å². The second-order valence-electron chi connectivity index (χ2n) is 4.47. The van der Waals surface area contributed by atoms with E-state index in [4.69, 9.17) is 9.47 Å². The Balaban J connectivity index is 2.92. The summed E-state index contributed by atoms with van der Waals surface area (Å²) in [6.45, 7) is 1.85. The monoisotopic (exact) mass is 312 g/mol. The van der Waals surface area contributed by atoms with Gasteiger partial charge in [0.05, 0.1) is 33.4 Å². The molecule has 7 nitrogen and oxygen atoms in total. The molecule has 0 radical (unpaired) electrons. The van der Waals surface area contributed by atoms with Crippen molar-refractivity contribution in [3.05, 3.63) is 29.3 Å². The SMILES string of the molecule is CCOC(=O)CC(O)C(O)c1ccc(C(=O)OC)c(OC)c1. The van der Waals surface area contributed by atoms with E-state index >= 15 is 0 Å². The minimum absolute atomic E-state index is 0.195. The van der Waals surface area contributed by atoms with E-state index in [1.807, 2.05) is 0 Å². The van der Waals surface area contributed by atoms with E-state index in [-0.39, 0.29) is 24.3 Å². The maximum absolute atomic E-state index is 11.6. The second kappa shape index (κ2) is 8.35. The van der Waals surface area contributed by atoms with Crippen LogP contribution in [0.2, 0.25) is 0 Å². The first-order valence-corrected chi connectivity index (χ1v) is 6.72. The van der Waals surface area contributed by atoms with Gasteiger partial charge in [0, 0.05) is 0 Å². The zero-order valence-corrected chi connectivity index (χ0v) is 12.7. The summed E-state index contributed by atoms with van der Waals surface area (Å²) in [5.74, 6) is -0.983. The number of methoxy groups -OCH3 is 2. The molecular weight excluding hydrogens is 292 g/mol. The summed E-state index contributed by atoms with van der Waals surface area (Å²) in [5, 5.41) is 20.0. The van der Waals surface area contributed by atoms with Gasteiger partial charge in [-0.1, -0.05) is 6.07 Å². The molecule has 22 heavy (non-hydrogen) atoms. The minimum Gasteiger partial charge on any atom is -0.496 e. The number of carbonyl (C=O) groups excluding carboxylic acids is 2. The van der Waals surface area contributed by atoms with Gasteiger partial charge in [-0.25, -0.2) is 4.79 Å². The number of aliphatic hydroxyl groups excluding tert-OH is 2. The maximum Gasteiger partial charge on any atom is 0.341 e. The van der Waals surface area contributed by atoms with Crippen molar-refractivity contribution in [2.45, 2.75) is 25.6 Å². The topological polar surface area (TPSA) is 102 Å². The average Bonchev–Trinajstić information content (AvgIpc) is 2.52. The molecule has 2 unspecified atom stereocenters. The predicted octanol–water partition coefficient (Wildman–Crippen LogP) is 0.829. The maximum atomic E-state index is 11.6. The second-order valence-corrected chi connectivity index (χ2v) is 4.47. The molecule has 0 heterocycles. The average molecular weight is 312 g/mol. The zero-order chi connectivity index (χ0) is 16.7. The van der Waals surface area contributed by atoms with Crippen molar-refractivity contribution in [1.82, 2.24) is 0 Å². The lowest BCUT2D eigenvalue weighted by molar-refractivity contribution is -0.147. The number of ether oxygens (including phenoxy) is 3. The van der Waals surface area contributed by atoms with E-state index in [2.05, 4.69) is 4.74 Å². The Labute approximate surface area is 128 Å². The molecule has 0 spiro atoms. The Morgan fingerprint density at radius 3 is 2.45 bits per heavy atom. The quantitative estimate of drug-likeness (QED) is 0.719. The van der Waals surface area contributed by atoms with Crippen LogP contribution in [-0.4, -0.2) is 49.1 Å². The van der Waals surface area contributed by atoms with Crippen molar-refractivity contribution in [2.24, 2.45) is 0 Å². The van der Waals surface area contributed by atoms with E-state index in [0.29, 0.717) is 5.56 Å². The Morgan fingerprint density at radius 2 is 1.91 bits per heavy atom. The third-order valence-electron chi connectivity index (χ3n) is 3.02. The molecular formula is C15H20O7. The summed E-state index contributed by atoms with van der Waals surface area (Å²) in [7, 11) is 2.61. The van der Waals surface area contributed by atoms with Gasteiger partial charge in [0.25, 0.3) is 0 Å². The van der Waals surface area contributed by atoms with Crippen LogP contribution in [0.25, 0.3) is 0 Å². The van der Waals surface area contributed by atoms with E-state index in [9.17, 15) is 19.8 Å². The molecule has 0 amide bonds. The lowest BCUT2D eigenvalue weighted by atomic mass is 10.00. The normalized spacial score (nSPS) is 13.1. The van der Waals surface area contributed by atoms with Gasteiger partial charge in [-0.15, -0.1) is 0 Å². The van der Waals surface area contributed by atoms with Crippen LogP contribution in [0.5, 0.6) is 5.75 Å². The molecule has 0 aliphatic heterocycles.